The van der Waals surface area contributed by atoms with E-state index in [4.69, 9.17) is 9.84 Å². The van der Waals surface area contributed by atoms with Crippen LogP contribution in [-0.4, -0.2) is 57.6 Å². The van der Waals surface area contributed by atoms with E-state index in [1.54, 1.807) is 35.4 Å². The third kappa shape index (κ3) is 5.96. The van der Waals surface area contributed by atoms with Crippen LogP contribution in [-0.2, 0) is 6.54 Å². The Kier molecular flexibility index (Phi) is 7.83. The third-order valence-corrected chi connectivity index (χ3v) is 7.94. The summed E-state index contributed by atoms with van der Waals surface area (Å²) in [6.07, 6.45) is 3.50. The highest BCUT2D eigenvalue weighted by atomic mass is 19.1. The van der Waals surface area contributed by atoms with E-state index in [2.05, 4.69) is 22.0 Å². The number of anilines is 1. The van der Waals surface area contributed by atoms with Crippen LogP contribution in [0.15, 0.2) is 97.2 Å². The molecule has 214 valence electrons. The molecule has 2 amide bonds. The van der Waals surface area contributed by atoms with Crippen LogP contribution in [0.4, 0.5) is 14.9 Å². The lowest BCUT2D eigenvalue weighted by Crippen LogP contribution is -2.47. The number of piperidine rings is 1. The molecule has 3 heterocycles. The number of carbonyl (C=O) groups excluding carboxylic acids is 1. The van der Waals surface area contributed by atoms with Crippen molar-refractivity contribution in [3.63, 3.8) is 0 Å². The summed E-state index contributed by atoms with van der Waals surface area (Å²) in [6.45, 7) is 2.96. The summed E-state index contributed by atoms with van der Waals surface area (Å²) < 4.78 is 19.3. The van der Waals surface area contributed by atoms with E-state index in [0.29, 0.717) is 23.9 Å². The van der Waals surface area contributed by atoms with Crippen molar-refractivity contribution in [1.29, 1.82) is 0 Å². The zero-order chi connectivity index (χ0) is 29.1. The number of hydrogen-bond donors (Lipinski definition) is 1. The van der Waals surface area contributed by atoms with Gasteiger partial charge in [-0.3, -0.25) is 9.80 Å². The minimum Gasteiger partial charge on any atom is -0.478 e. The van der Waals surface area contributed by atoms with E-state index in [1.165, 1.54) is 24.3 Å². The second kappa shape index (κ2) is 12.0. The van der Waals surface area contributed by atoms with Gasteiger partial charge in [-0.25, -0.2) is 19.0 Å². The van der Waals surface area contributed by atoms with Crippen molar-refractivity contribution in [2.45, 2.75) is 31.5 Å². The van der Waals surface area contributed by atoms with Gasteiger partial charge in [0.1, 0.15) is 11.6 Å². The maximum atomic E-state index is 13.8. The monoisotopic (exact) mass is 566 g/mol. The molecular weight excluding hydrogens is 535 g/mol. The molecular formula is C33H31FN4O4. The molecule has 8 nitrogen and oxygen atoms in total. The van der Waals surface area contributed by atoms with E-state index in [0.717, 1.165) is 43.6 Å². The Balaban J connectivity index is 1.08. The van der Waals surface area contributed by atoms with Gasteiger partial charge in [0.15, 0.2) is 0 Å². The Labute approximate surface area is 243 Å². The fraction of sp³-hybridized carbons (Fsp3) is 0.242. The SMILES string of the molecule is O=C(O)c1ccc(Oc2ccc(CN3CCC(N4C(=O)N(c5ccc(F)cc5)C[C@H]4c4ccccc4)CC3)cn2)cc1. The number of halogens is 1. The quantitative estimate of drug-likeness (QED) is 0.267. The molecule has 42 heavy (non-hydrogen) atoms. The molecule has 0 radical (unpaired) electrons. The fourth-order valence-corrected chi connectivity index (χ4v) is 5.77. The number of pyridine rings is 1. The molecule has 6 rings (SSSR count). The van der Waals surface area contributed by atoms with Crippen LogP contribution in [0.3, 0.4) is 0 Å². The maximum absolute atomic E-state index is 13.8. The average molecular weight is 567 g/mol. The smallest absolute Gasteiger partial charge is 0.335 e. The van der Waals surface area contributed by atoms with Gasteiger partial charge in [-0.15, -0.1) is 0 Å². The molecule has 2 fully saturated rings. The standard InChI is InChI=1S/C33H31FN4O4/c34-26-9-11-27(12-10-26)37-22-30(24-4-2-1-3-5-24)38(33(37)41)28-16-18-36(19-17-28)21-23-6-15-31(35-20-23)42-29-13-7-25(8-14-29)32(39)40/h1-15,20,28,30H,16-19,21-22H2,(H,39,40)/t30-/m0/s1. The number of ether oxygens (including phenoxy) is 1. The Morgan fingerprint density at radius 1 is 0.929 bits per heavy atom. The highest BCUT2D eigenvalue weighted by Crippen LogP contribution is 2.37. The van der Waals surface area contributed by atoms with Crippen LogP contribution in [0.25, 0.3) is 0 Å². The summed E-state index contributed by atoms with van der Waals surface area (Å²) in [4.78, 5) is 35.4. The van der Waals surface area contributed by atoms with Crippen molar-refractivity contribution in [1.82, 2.24) is 14.8 Å². The van der Waals surface area contributed by atoms with Crippen LogP contribution in [0.5, 0.6) is 11.6 Å². The molecule has 2 aliphatic rings. The van der Waals surface area contributed by atoms with Crippen molar-refractivity contribution >= 4 is 17.7 Å². The van der Waals surface area contributed by atoms with Crippen LogP contribution in [0.2, 0.25) is 0 Å². The van der Waals surface area contributed by atoms with E-state index < -0.39 is 5.97 Å². The summed E-state index contributed by atoms with van der Waals surface area (Å²) >= 11 is 0. The Hall–Kier alpha value is -4.76. The van der Waals surface area contributed by atoms with Gasteiger partial charge in [0.2, 0.25) is 5.88 Å². The van der Waals surface area contributed by atoms with Gasteiger partial charge in [-0.05, 0) is 72.5 Å². The minimum absolute atomic E-state index is 0.0358. The molecule has 1 aromatic heterocycles. The zero-order valence-corrected chi connectivity index (χ0v) is 23.0. The number of rotatable bonds is 8. The van der Waals surface area contributed by atoms with E-state index in [9.17, 15) is 14.0 Å². The second-order valence-corrected chi connectivity index (χ2v) is 10.6. The van der Waals surface area contributed by atoms with Gasteiger partial charge in [-0.2, -0.15) is 0 Å². The van der Waals surface area contributed by atoms with Gasteiger partial charge in [-0.1, -0.05) is 36.4 Å². The number of nitrogens with zero attached hydrogens (tertiary/aromatic N) is 4. The molecule has 0 saturated carbocycles. The normalized spacial score (nSPS) is 17.9. The molecule has 4 aromatic rings. The number of urea groups is 1. The van der Waals surface area contributed by atoms with Crippen molar-refractivity contribution in [3.05, 3.63) is 120 Å². The van der Waals surface area contributed by atoms with Crippen LogP contribution in [0.1, 0.15) is 40.4 Å². The summed E-state index contributed by atoms with van der Waals surface area (Å²) in [7, 11) is 0. The minimum atomic E-state index is -0.983. The molecule has 0 bridgehead atoms. The van der Waals surface area contributed by atoms with Crippen molar-refractivity contribution in [3.8, 4) is 11.6 Å². The van der Waals surface area contributed by atoms with E-state index in [1.807, 2.05) is 35.2 Å². The molecule has 1 atom stereocenters. The number of aromatic nitrogens is 1. The predicted molar refractivity (Wildman–Crippen MR) is 156 cm³/mol. The molecule has 3 aromatic carbocycles. The van der Waals surface area contributed by atoms with Crippen molar-refractivity contribution in [2.24, 2.45) is 0 Å². The molecule has 9 heteroatoms. The lowest BCUT2D eigenvalue weighted by Gasteiger charge is -2.39. The number of carboxylic acids is 1. The number of carbonyl (C=O) groups is 2. The predicted octanol–water partition coefficient (Wildman–Crippen LogP) is 6.36. The van der Waals surface area contributed by atoms with E-state index in [-0.39, 0.29) is 29.5 Å². The molecule has 0 aliphatic carbocycles. The summed E-state index contributed by atoms with van der Waals surface area (Å²) in [5.41, 5.74) is 3.07. The lowest BCUT2D eigenvalue weighted by atomic mass is 9.99. The highest BCUT2D eigenvalue weighted by molar-refractivity contribution is 5.95. The number of benzene rings is 3. The number of carboxylic acid groups (broad SMARTS) is 1. The first-order chi connectivity index (χ1) is 20.4. The number of aromatic carboxylic acids is 1. The maximum Gasteiger partial charge on any atom is 0.335 e. The molecule has 2 aliphatic heterocycles. The first-order valence-corrected chi connectivity index (χ1v) is 14.0. The van der Waals surface area contributed by atoms with Crippen molar-refractivity contribution < 1.29 is 23.8 Å². The second-order valence-electron chi connectivity index (χ2n) is 10.6. The number of likely N-dealkylation sites (tertiary alicyclic amines) is 1. The summed E-state index contributed by atoms with van der Waals surface area (Å²) in [5.74, 6) is -0.349. The Morgan fingerprint density at radius 3 is 2.29 bits per heavy atom. The van der Waals surface area contributed by atoms with Gasteiger partial charge in [0, 0.05) is 43.6 Å². The number of amides is 2. The first-order valence-electron chi connectivity index (χ1n) is 14.0. The van der Waals surface area contributed by atoms with Gasteiger partial charge < -0.3 is 14.7 Å². The summed E-state index contributed by atoms with van der Waals surface area (Å²) in [5, 5.41) is 9.05. The van der Waals surface area contributed by atoms with Gasteiger partial charge in [0.25, 0.3) is 0 Å². The molecule has 0 spiro atoms. The first kappa shape index (κ1) is 27.4. The van der Waals surface area contributed by atoms with E-state index >= 15 is 0 Å². The van der Waals surface area contributed by atoms with Crippen molar-refractivity contribution in [2.75, 3.05) is 24.5 Å². The van der Waals surface area contributed by atoms with Gasteiger partial charge >= 0.3 is 12.0 Å². The average Bonchev–Trinajstić information content (AvgIpc) is 3.36. The van der Waals surface area contributed by atoms with Crippen LogP contribution >= 0.6 is 0 Å². The Bertz CT molecular complexity index is 1520. The van der Waals surface area contributed by atoms with Crippen LogP contribution in [0, 0.1) is 5.82 Å². The Morgan fingerprint density at radius 2 is 1.64 bits per heavy atom. The molecule has 1 N–H and O–H groups in total. The van der Waals surface area contributed by atoms with Crippen LogP contribution < -0.4 is 9.64 Å². The third-order valence-electron chi connectivity index (χ3n) is 7.94. The largest absolute Gasteiger partial charge is 0.478 e. The number of hydrogen-bond acceptors (Lipinski definition) is 5. The molecule has 2 saturated heterocycles. The zero-order valence-electron chi connectivity index (χ0n) is 23.0. The van der Waals surface area contributed by atoms with Gasteiger partial charge in [0.05, 0.1) is 18.2 Å². The molecule has 0 unspecified atom stereocenters. The fourth-order valence-electron chi connectivity index (χ4n) is 5.77. The lowest BCUT2D eigenvalue weighted by molar-refractivity contribution is 0.0696. The summed E-state index contributed by atoms with van der Waals surface area (Å²) in [6, 6.07) is 26.2. The topological polar surface area (TPSA) is 86.2 Å². The highest BCUT2D eigenvalue weighted by Gasteiger charge is 2.43.